The van der Waals surface area contributed by atoms with Crippen LogP contribution >= 0.6 is 0 Å². The predicted molar refractivity (Wildman–Crippen MR) is 63.9 cm³/mol. The third kappa shape index (κ3) is 1.53. The van der Waals surface area contributed by atoms with Crippen molar-refractivity contribution in [3.8, 4) is 0 Å². The third-order valence-corrected chi connectivity index (χ3v) is 3.38. The number of hydrogen-bond donors (Lipinski definition) is 5. The second-order valence-corrected chi connectivity index (χ2v) is 4.49. The summed E-state index contributed by atoms with van der Waals surface area (Å²) in [5.41, 5.74) is 4.02. The van der Waals surface area contributed by atoms with Gasteiger partial charge in [0.15, 0.2) is 11.5 Å². The molecule has 2 aromatic rings. The molecule has 6 N–H and O–H groups in total. The molecule has 0 radical (unpaired) electrons. The second kappa shape index (κ2) is 4.33. The largest absolute Gasteiger partial charge is 0.388 e. The number of nitrogen functional groups attached to an aromatic ring is 1. The molecule has 10 nitrogen and oxygen atoms in total. The van der Waals surface area contributed by atoms with Crippen molar-refractivity contribution in [3.05, 3.63) is 12.7 Å². The van der Waals surface area contributed by atoms with Gasteiger partial charge in [0, 0.05) is 0 Å². The van der Waals surface area contributed by atoms with Crippen LogP contribution in [-0.4, -0.2) is 65.0 Å². The first-order valence-electron chi connectivity index (χ1n) is 5.78. The first kappa shape index (κ1) is 13.1. The minimum Gasteiger partial charge on any atom is -0.388 e. The topological polar surface area (TPSA) is 160 Å². The van der Waals surface area contributed by atoms with E-state index in [1.165, 1.54) is 12.7 Å². The van der Waals surface area contributed by atoms with Crippen molar-refractivity contribution in [3.63, 3.8) is 0 Å². The third-order valence-electron chi connectivity index (χ3n) is 3.38. The summed E-state index contributed by atoms with van der Waals surface area (Å²) in [5.74, 6) is 0.101. The van der Waals surface area contributed by atoms with Crippen LogP contribution in [0.25, 0.3) is 11.2 Å². The zero-order valence-electron chi connectivity index (χ0n) is 10.2. The van der Waals surface area contributed by atoms with Crippen LogP contribution in [0.4, 0.5) is 5.82 Å². The number of nitrogens with zero attached hydrogens (tertiary/aromatic N) is 4. The highest BCUT2D eigenvalue weighted by atomic mass is 16.6. The standard InChI is InChI=1S/C10H13N5O5/c11-7-5-8(13-2-12-7)15(3-14-5)10(9(18)19)6(17)4(16)1-20-10/h2-4,6,9,16-19H,1H2,(H2,11,12,13)/t4-,6+,10+/m0/s1. The minimum atomic E-state index is -2.11. The van der Waals surface area contributed by atoms with Gasteiger partial charge in [0.05, 0.1) is 12.9 Å². The van der Waals surface area contributed by atoms with E-state index in [-0.39, 0.29) is 23.6 Å². The fourth-order valence-corrected chi connectivity index (χ4v) is 2.34. The van der Waals surface area contributed by atoms with Crippen molar-refractivity contribution in [2.45, 2.75) is 24.2 Å². The molecule has 0 saturated carbocycles. The monoisotopic (exact) mass is 283 g/mol. The molecule has 0 amide bonds. The molecule has 10 heteroatoms. The Kier molecular flexibility index (Phi) is 2.84. The van der Waals surface area contributed by atoms with Crippen LogP contribution in [0.2, 0.25) is 0 Å². The van der Waals surface area contributed by atoms with Crippen LogP contribution in [0.3, 0.4) is 0 Å². The first-order valence-corrected chi connectivity index (χ1v) is 5.78. The van der Waals surface area contributed by atoms with E-state index in [1.807, 2.05) is 0 Å². The van der Waals surface area contributed by atoms with E-state index in [9.17, 15) is 20.4 Å². The fourth-order valence-electron chi connectivity index (χ4n) is 2.34. The van der Waals surface area contributed by atoms with E-state index in [4.69, 9.17) is 10.5 Å². The average molecular weight is 283 g/mol. The Morgan fingerprint density at radius 2 is 2.10 bits per heavy atom. The highest BCUT2D eigenvalue weighted by Gasteiger charge is 2.56. The lowest BCUT2D eigenvalue weighted by molar-refractivity contribution is -0.260. The van der Waals surface area contributed by atoms with Crippen molar-refractivity contribution in [2.75, 3.05) is 12.3 Å². The fraction of sp³-hybridized carbons (Fsp3) is 0.500. The SMILES string of the molecule is Nc1ncnc2c1ncn2[C@@]1(C(O)O)OC[C@H](O)[C@H]1O. The van der Waals surface area contributed by atoms with Gasteiger partial charge in [-0.25, -0.2) is 15.0 Å². The normalized spacial score (nSPS) is 30.4. The summed E-state index contributed by atoms with van der Waals surface area (Å²) in [4.78, 5) is 11.7. The number of ether oxygens (including phenoxy) is 1. The van der Waals surface area contributed by atoms with Gasteiger partial charge in [-0.15, -0.1) is 0 Å². The van der Waals surface area contributed by atoms with Crippen molar-refractivity contribution in [2.24, 2.45) is 0 Å². The van der Waals surface area contributed by atoms with E-state index in [0.717, 1.165) is 4.57 Å². The lowest BCUT2D eigenvalue weighted by atomic mass is 10.0. The van der Waals surface area contributed by atoms with Crippen molar-refractivity contribution in [1.82, 2.24) is 19.5 Å². The summed E-state index contributed by atoms with van der Waals surface area (Å²) in [6, 6.07) is 0. The van der Waals surface area contributed by atoms with Crippen molar-refractivity contribution >= 4 is 17.0 Å². The summed E-state index contributed by atoms with van der Waals surface area (Å²) in [6.07, 6.45) is -2.59. The summed E-state index contributed by atoms with van der Waals surface area (Å²) in [6.45, 7) is -0.265. The van der Waals surface area contributed by atoms with Gasteiger partial charge >= 0.3 is 0 Å². The number of imidazole rings is 1. The smallest absolute Gasteiger partial charge is 0.227 e. The maximum Gasteiger partial charge on any atom is 0.227 e. The molecule has 108 valence electrons. The van der Waals surface area contributed by atoms with Crippen LogP contribution in [0.1, 0.15) is 0 Å². The second-order valence-electron chi connectivity index (χ2n) is 4.49. The van der Waals surface area contributed by atoms with Gasteiger partial charge in [0.2, 0.25) is 12.0 Å². The zero-order valence-corrected chi connectivity index (χ0v) is 10.2. The summed E-state index contributed by atoms with van der Waals surface area (Å²) in [5, 5.41) is 38.9. The van der Waals surface area contributed by atoms with Crippen LogP contribution < -0.4 is 5.73 Å². The van der Waals surface area contributed by atoms with E-state index < -0.39 is 24.2 Å². The molecule has 3 heterocycles. The van der Waals surface area contributed by atoms with E-state index in [1.54, 1.807) is 0 Å². The number of hydrogen-bond acceptors (Lipinski definition) is 9. The maximum absolute atomic E-state index is 10.1. The molecule has 0 spiro atoms. The number of fused-ring (bicyclic) bond motifs is 1. The Morgan fingerprint density at radius 1 is 1.35 bits per heavy atom. The number of aliphatic hydroxyl groups is 4. The first-order chi connectivity index (χ1) is 9.48. The quantitative estimate of drug-likeness (QED) is 0.365. The number of rotatable bonds is 2. The molecule has 0 aromatic carbocycles. The number of aromatic nitrogens is 4. The summed E-state index contributed by atoms with van der Waals surface area (Å²) < 4.78 is 6.37. The Balaban J connectivity index is 2.24. The van der Waals surface area contributed by atoms with Gasteiger partial charge in [0.1, 0.15) is 24.1 Å². The molecular weight excluding hydrogens is 270 g/mol. The van der Waals surface area contributed by atoms with Gasteiger partial charge in [-0.05, 0) is 0 Å². The van der Waals surface area contributed by atoms with Gasteiger partial charge in [-0.3, -0.25) is 4.57 Å². The highest BCUT2D eigenvalue weighted by molar-refractivity contribution is 5.81. The van der Waals surface area contributed by atoms with E-state index in [0.29, 0.717) is 0 Å². The Hall–Kier alpha value is -1.85. The maximum atomic E-state index is 10.1. The van der Waals surface area contributed by atoms with Gasteiger partial charge in [-0.2, -0.15) is 0 Å². The number of nitrogens with two attached hydrogens (primary N) is 1. The molecule has 20 heavy (non-hydrogen) atoms. The highest BCUT2D eigenvalue weighted by Crippen LogP contribution is 2.36. The molecule has 2 aromatic heterocycles. The van der Waals surface area contributed by atoms with Crippen molar-refractivity contribution < 1.29 is 25.2 Å². The molecule has 3 rings (SSSR count). The molecule has 1 aliphatic heterocycles. The molecule has 0 bridgehead atoms. The molecule has 1 saturated heterocycles. The van der Waals surface area contributed by atoms with Crippen LogP contribution in [-0.2, 0) is 10.5 Å². The molecule has 3 atom stereocenters. The Morgan fingerprint density at radius 3 is 2.70 bits per heavy atom. The summed E-state index contributed by atoms with van der Waals surface area (Å²) >= 11 is 0. The zero-order chi connectivity index (χ0) is 14.5. The lowest BCUT2D eigenvalue weighted by Gasteiger charge is -2.34. The number of aliphatic hydroxyl groups excluding tert-OH is 3. The Labute approximate surface area is 112 Å². The molecule has 0 unspecified atom stereocenters. The van der Waals surface area contributed by atoms with Gasteiger partial charge < -0.3 is 30.9 Å². The van der Waals surface area contributed by atoms with Gasteiger partial charge in [-0.1, -0.05) is 0 Å². The van der Waals surface area contributed by atoms with E-state index >= 15 is 0 Å². The Bertz CT molecular complexity index is 646. The minimum absolute atomic E-state index is 0.101. The number of anilines is 1. The van der Waals surface area contributed by atoms with Gasteiger partial charge in [0.25, 0.3) is 0 Å². The molecular formula is C10H13N5O5. The molecule has 1 fully saturated rings. The van der Waals surface area contributed by atoms with Crippen LogP contribution in [0, 0.1) is 0 Å². The van der Waals surface area contributed by atoms with Crippen LogP contribution in [0.15, 0.2) is 12.7 Å². The van der Waals surface area contributed by atoms with E-state index in [2.05, 4.69) is 15.0 Å². The lowest BCUT2D eigenvalue weighted by Crippen LogP contribution is -2.54. The average Bonchev–Trinajstić information content (AvgIpc) is 2.95. The molecule has 0 aliphatic carbocycles. The predicted octanol–water partition coefficient (Wildman–Crippen LogP) is -2.88. The summed E-state index contributed by atoms with van der Waals surface area (Å²) in [7, 11) is 0. The van der Waals surface area contributed by atoms with Crippen LogP contribution in [0.5, 0.6) is 0 Å². The molecule has 1 aliphatic rings. The van der Waals surface area contributed by atoms with Crippen molar-refractivity contribution in [1.29, 1.82) is 0 Å².